The second kappa shape index (κ2) is 7.00. The Morgan fingerprint density at radius 1 is 1.10 bits per heavy atom. The number of sulfonamides is 1. The van der Waals surface area contributed by atoms with Crippen LogP contribution >= 0.6 is 0 Å². The smallest absolute Gasteiger partial charge is 0.258 e. The Kier molecular flexibility index (Phi) is 5.86. The van der Waals surface area contributed by atoms with E-state index >= 15 is 0 Å². The van der Waals surface area contributed by atoms with Crippen LogP contribution in [-0.4, -0.2) is 30.7 Å². The van der Waals surface area contributed by atoms with Gasteiger partial charge in [-0.1, -0.05) is 39.8 Å². The first-order valence-electron chi connectivity index (χ1n) is 6.89. The lowest BCUT2D eigenvalue weighted by atomic mass is 10.2. The highest BCUT2D eigenvalue weighted by Crippen LogP contribution is 2.27. The molecule has 1 aromatic carbocycles. The number of nitrogens with zero attached hydrogens (tertiary/aromatic N) is 2. The highest BCUT2D eigenvalue weighted by molar-refractivity contribution is 7.89. The lowest BCUT2D eigenvalue weighted by molar-refractivity contribution is -0.387. The van der Waals surface area contributed by atoms with E-state index in [1.807, 2.05) is 27.7 Å². The van der Waals surface area contributed by atoms with Crippen molar-refractivity contribution in [1.82, 2.24) is 4.31 Å². The molecule has 0 fully saturated rings. The maximum absolute atomic E-state index is 12.8. The predicted molar refractivity (Wildman–Crippen MR) is 81.5 cm³/mol. The molecule has 0 N–H and O–H groups in total. The normalized spacial score (nSPS) is 12.3. The molecular weight excluding hydrogens is 292 g/mol. The van der Waals surface area contributed by atoms with Gasteiger partial charge in [0, 0.05) is 19.2 Å². The van der Waals surface area contributed by atoms with E-state index in [-0.39, 0.29) is 22.4 Å². The number of rotatable bonds is 7. The molecule has 0 unspecified atom stereocenters. The monoisotopic (exact) mass is 314 g/mol. The van der Waals surface area contributed by atoms with E-state index < -0.39 is 14.9 Å². The minimum atomic E-state index is -3.88. The fraction of sp³-hybridized carbons (Fsp3) is 0.571. The van der Waals surface area contributed by atoms with Gasteiger partial charge in [0.1, 0.15) is 0 Å². The van der Waals surface area contributed by atoms with E-state index in [4.69, 9.17) is 0 Å². The van der Waals surface area contributed by atoms with Crippen LogP contribution in [0.15, 0.2) is 29.2 Å². The number of benzene rings is 1. The van der Waals surface area contributed by atoms with Crippen molar-refractivity contribution in [3.05, 3.63) is 34.4 Å². The standard InChI is InChI=1S/C14H22N2O4S/c1-11(2)9-15(10-12(3)4)21(19,20)14-8-6-5-7-13(14)16(17)18/h5-8,11-12H,9-10H2,1-4H3. The summed E-state index contributed by atoms with van der Waals surface area (Å²) in [4.78, 5) is 10.2. The number of nitro benzene ring substituents is 1. The molecule has 0 bridgehead atoms. The van der Waals surface area contributed by atoms with Gasteiger partial charge >= 0.3 is 0 Å². The maximum Gasteiger partial charge on any atom is 0.289 e. The van der Waals surface area contributed by atoms with Crippen LogP contribution in [0.1, 0.15) is 27.7 Å². The first-order valence-corrected chi connectivity index (χ1v) is 8.33. The molecule has 6 nitrogen and oxygen atoms in total. The summed E-state index contributed by atoms with van der Waals surface area (Å²) in [6.45, 7) is 8.36. The fourth-order valence-electron chi connectivity index (χ4n) is 2.05. The molecule has 0 atom stereocenters. The van der Waals surface area contributed by atoms with Crippen molar-refractivity contribution < 1.29 is 13.3 Å². The summed E-state index contributed by atoms with van der Waals surface area (Å²) in [5, 5.41) is 11.1. The lowest BCUT2D eigenvalue weighted by Gasteiger charge is -2.25. The molecule has 0 radical (unpaired) electrons. The van der Waals surface area contributed by atoms with Gasteiger partial charge in [-0.2, -0.15) is 4.31 Å². The number of hydrogen-bond acceptors (Lipinski definition) is 4. The molecule has 0 aliphatic carbocycles. The highest BCUT2D eigenvalue weighted by atomic mass is 32.2. The fourth-order valence-corrected chi connectivity index (χ4v) is 3.97. The van der Waals surface area contributed by atoms with Gasteiger partial charge in [-0.05, 0) is 17.9 Å². The molecule has 118 valence electrons. The molecule has 0 saturated heterocycles. The van der Waals surface area contributed by atoms with Crippen molar-refractivity contribution in [3.63, 3.8) is 0 Å². The molecule has 21 heavy (non-hydrogen) atoms. The maximum atomic E-state index is 12.8. The van der Waals surface area contributed by atoms with Crippen LogP contribution in [-0.2, 0) is 10.0 Å². The molecule has 0 spiro atoms. The Bertz CT molecular complexity index is 587. The number of para-hydroxylation sites is 1. The van der Waals surface area contributed by atoms with E-state index in [9.17, 15) is 18.5 Å². The van der Waals surface area contributed by atoms with Crippen LogP contribution in [0.2, 0.25) is 0 Å². The Balaban J connectivity index is 3.32. The van der Waals surface area contributed by atoms with Crippen LogP contribution in [0, 0.1) is 22.0 Å². The summed E-state index contributed by atoms with van der Waals surface area (Å²) in [6, 6.07) is 5.48. The van der Waals surface area contributed by atoms with Gasteiger partial charge in [-0.25, -0.2) is 8.42 Å². The third kappa shape index (κ3) is 4.50. The molecule has 1 aromatic rings. The Morgan fingerprint density at radius 3 is 2.00 bits per heavy atom. The zero-order valence-electron chi connectivity index (χ0n) is 12.8. The summed E-state index contributed by atoms with van der Waals surface area (Å²) in [5.41, 5.74) is -0.380. The van der Waals surface area contributed by atoms with E-state index in [0.717, 1.165) is 0 Å². The Hall–Kier alpha value is -1.47. The number of nitro groups is 1. The summed E-state index contributed by atoms with van der Waals surface area (Å²) in [6.07, 6.45) is 0. The van der Waals surface area contributed by atoms with Gasteiger partial charge in [0.05, 0.1) is 4.92 Å². The van der Waals surface area contributed by atoms with Crippen molar-refractivity contribution in [2.45, 2.75) is 32.6 Å². The molecule has 0 aliphatic rings. The first kappa shape index (κ1) is 17.6. The highest BCUT2D eigenvalue weighted by Gasteiger charge is 2.31. The molecule has 7 heteroatoms. The van der Waals surface area contributed by atoms with Crippen LogP contribution in [0.3, 0.4) is 0 Å². The molecule has 0 amide bonds. The van der Waals surface area contributed by atoms with E-state index in [1.165, 1.54) is 28.6 Å². The quantitative estimate of drug-likeness (QED) is 0.572. The zero-order chi connectivity index (χ0) is 16.2. The van der Waals surface area contributed by atoms with Gasteiger partial charge in [0.15, 0.2) is 4.90 Å². The summed E-state index contributed by atoms with van der Waals surface area (Å²) < 4.78 is 26.8. The summed E-state index contributed by atoms with van der Waals surface area (Å²) in [5.74, 6) is 0.280. The first-order chi connectivity index (χ1) is 9.66. The second-order valence-corrected chi connectivity index (χ2v) is 7.74. The van der Waals surface area contributed by atoms with E-state index in [1.54, 1.807) is 0 Å². The van der Waals surface area contributed by atoms with Gasteiger partial charge in [-0.3, -0.25) is 10.1 Å². The molecular formula is C14H22N2O4S. The van der Waals surface area contributed by atoms with Gasteiger partial charge in [0.2, 0.25) is 10.0 Å². The lowest BCUT2D eigenvalue weighted by Crippen LogP contribution is -2.37. The second-order valence-electron chi connectivity index (χ2n) is 5.83. The molecule has 0 aromatic heterocycles. The SMILES string of the molecule is CC(C)CN(CC(C)C)S(=O)(=O)c1ccccc1[N+](=O)[O-]. The minimum Gasteiger partial charge on any atom is -0.258 e. The van der Waals surface area contributed by atoms with E-state index in [2.05, 4.69) is 0 Å². The average molecular weight is 314 g/mol. The van der Waals surface area contributed by atoms with Crippen molar-refractivity contribution in [2.24, 2.45) is 11.8 Å². The molecule has 0 heterocycles. The summed E-state index contributed by atoms with van der Waals surface area (Å²) in [7, 11) is -3.88. The third-order valence-electron chi connectivity index (χ3n) is 2.82. The van der Waals surface area contributed by atoms with Crippen molar-refractivity contribution in [2.75, 3.05) is 13.1 Å². The molecule has 1 rings (SSSR count). The van der Waals surface area contributed by atoms with Gasteiger partial charge in [0.25, 0.3) is 5.69 Å². The van der Waals surface area contributed by atoms with Crippen LogP contribution in [0.25, 0.3) is 0 Å². The Labute approximate surface area is 126 Å². The summed E-state index contributed by atoms with van der Waals surface area (Å²) >= 11 is 0. The number of hydrogen-bond donors (Lipinski definition) is 0. The predicted octanol–water partition coefficient (Wildman–Crippen LogP) is 2.90. The molecule has 0 saturated carbocycles. The van der Waals surface area contributed by atoms with Crippen molar-refractivity contribution in [1.29, 1.82) is 0 Å². The average Bonchev–Trinajstić information content (AvgIpc) is 2.36. The van der Waals surface area contributed by atoms with Crippen molar-refractivity contribution >= 4 is 15.7 Å². The topological polar surface area (TPSA) is 80.5 Å². The largest absolute Gasteiger partial charge is 0.289 e. The minimum absolute atomic E-state index is 0.140. The van der Waals surface area contributed by atoms with Crippen LogP contribution < -0.4 is 0 Å². The van der Waals surface area contributed by atoms with Crippen LogP contribution in [0.5, 0.6) is 0 Å². The van der Waals surface area contributed by atoms with Crippen LogP contribution in [0.4, 0.5) is 5.69 Å². The van der Waals surface area contributed by atoms with Gasteiger partial charge in [-0.15, -0.1) is 0 Å². The van der Waals surface area contributed by atoms with Crippen molar-refractivity contribution in [3.8, 4) is 0 Å². The van der Waals surface area contributed by atoms with Gasteiger partial charge < -0.3 is 0 Å². The molecule has 0 aliphatic heterocycles. The Morgan fingerprint density at radius 2 is 1.57 bits per heavy atom. The zero-order valence-corrected chi connectivity index (χ0v) is 13.6. The van der Waals surface area contributed by atoms with E-state index in [0.29, 0.717) is 13.1 Å². The third-order valence-corrected chi connectivity index (χ3v) is 4.70.